The van der Waals surface area contributed by atoms with Gasteiger partial charge in [0.25, 0.3) is 5.91 Å². The van der Waals surface area contributed by atoms with Gasteiger partial charge >= 0.3 is 6.18 Å². The van der Waals surface area contributed by atoms with Gasteiger partial charge in [0.2, 0.25) is 5.88 Å². The Kier molecular flexibility index (Phi) is 5.94. The smallest absolute Gasteiger partial charge is 0.417 e. The van der Waals surface area contributed by atoms with E-state index in [9.17, 15) is 22.4 Å². The number of alkyl halides is 4. The minimum atomic E-state index is -4.50. The van der Waals surface area contributed by atoms with Gasteiger partial charge in [-0.3, -0.25) is 4.79 Å². The van der Waals surface area contributed by atoms with Crippen molar-refractivity contribution >= 4 is 5.91 Å². The first-order valence-electron chi connectivity index (χ1n) is 11.3. The summed E-state index contributed by atoms with van der Waals surface area (Å²) < 4.78 is 58.9. The number of hydrogen-bond donors (Lipinski definition) is 0. The van der Waals surface area contributed by atoms with Crippen LogP contribution in [0.1, 0.15) is 40.7 Å². The van der Waals surface area contributed by atoms with Gasteiger partial charge in [0, 0.05) is 12.3 Å². The highest BCUT2D eigenvalue weighted by Crippen LogP contribution is 2.43. The molecule has 6 rings (SSSR count). The van der Waals surface area contributed by atoms with Gasteiger partial charge in [-0.1, -0.05) is 12.1 Å². The van der Waals surface area contributed by atoms with Crippen LogP contribution in [0, 0.1) is 12.8 Å². The molecule has 3 aromatic rings. The lowest BCUT2D eigenvalue weighted by Gasteiger charge is -2.53. The number of amides is 1. The summed E-state index contributed by atoms with van der Waals surface area (Å²) in [4.78, 5) is 20.7. The number of halogens is 4. The lowest BCUT2D eigenvalue weighted by molar-refractivity contribution is -0.137. The summed E-state index contributed by atoms with van der Waals surface area (Å²) in [5.41, 5.74) is 0.691. The van der Waals surface area contributed by atoms with Crippen LogP contribution in [-0.4, -0.2) is 55.6 Å². The zero-order valence-electron chi connectivity index (χ0n) is 18.8. The summed E-state index contributed by atoms with van der Waals surface area (Å²) in [5, 5.41) is 8.29. The zero-order valence-corrected chi connectivity index (χ0v) is 18.8. The molecular formula is C24H23F4N5O2. The second kappa shape index (κ2) is 8.94. The van der Waals surface area contributed by atoms with Crippen molar-refractivity contribution in [1.29, 1.82) is 0 Å². The molecule has 1 aliphatic carbocycles. The average molecular weight is 489 g/mol. The number of fused-ring (bicyclic) bond motifs is 3. The summed E-state index contributed by atoms with van der Waals surface area (Å²) in [6.45, 7) is 1.10. The normalized spacial score (nSPS) is 24.0. The molecule has 2 bridgehead atoms. The van der Waals surface area contributed by atoms with E-state index in [1.165, 1.54) is 23.3 Å². The van der Waals surface area contributed by atoms with E-state index in [0.29, 0.717) is 29.7 Å². The van der Waals surface area contributed by atoms with E-state index in [1.807, 2.05) is 0 Å². The second-order valence-corrected chi connectivity index (χ2v) is 8.90. The Balaban J connectivity index is 1.46. The number of carbonyl (C=O) groups is 1. The van der Waals surface area contributed by atoms with Crippen LogP contribution in [0.25, 0.3) is 5.69 Å². The summed E-state index contributed by atoms with van der Waals surface area (Å²) in [6, 6.07) is 6.34. The summed E-state index contributed by atoms with van der Waals surface area (Å²) >= 11 is 0. The van der Waals surface area contributed by atoms with Crippen LogP contribution in [0.15, 0.2) is 48.9 Å². The Morgan fingerprint density at radius 3 is 2.57 bits per heavy atom. The molecule has 1 saturated carbocycles. The van der Waals surface area contributed by atoms with E-state index in [2.05, 4.69) is 15.2 Å². The topological polar surface area (TPSA) is 73.1 Å². The van der Waals surface area contributed by atoms with Gasteiger partial charge in [0.1, 0.15) is 12.8 Å². The minimum absolute atomic E-state index is 0.0390. The molecular weight excluding hydrogens is 466 g/mol. The highest BCUT2D eigenvalue weighted by molar-refractivity contribution is 5.99. The van der Waals surface area contributed by atoms with E-state index in [0.717, 1.165) is 18.7 Å². The molecule has 4 atom stereocenters. The number of rotatable bonds is 5. The van der Waals surface area contributed by atoms with Crippen molar-refractivity contribution in [1.82, 2.24) is 24.9 Å². The first-order valence-corrected chi connectivity index (χ1v) is 11.3. The third-order valence-electron chi connectivity index (χ3n) is 6.88. The number of aryl methyl sites for hydroxylation is 1. The van der Waals surface area contributed by atoms with Crippen LogP contribution in [0.4, 0.5) is 17.6 Å². The van der Waals surface area contributed by atoms with Crippen LogP contribution in [-0.2, 0) is 6.18 Å². The molecule has 0 radical (unpaired) electrons. The highest BCUT2D eigenvalue weighted by Gasteiger charge is 2.51. The Morgan fingerprint density at radius 2 is 1.91 bits per heavy atom. The molecule has 35 heavy (non-hydrogen) atoms. The SMILES string of the molecule is Cc1cccc(-n2nccn2)c1C(=O)N1[C@H](CF)[C@@H]2CC[C@H]1[C@H](Oc1ccc(C(F)(F)F)cn1)C2. The molecule has 2 saturated heterocycles. The Labute approximate surface area is 198 Å². The minimum Gasteiger partial charge on any atom is -0.472 e. The van der Waals surface area contributed by atoms with Crippen molar-refractivity contribution in [3.63, 3.8) is 0 Å². The van der Waals surface area contributed by atoms with E-state index in [4.69, 9.17) is 4.74 Å². The van der Waals surface area contributed by atoms with Crippen molar-refractivity contribution in [2.75, 3.05) is 6.67 Å². The van der Waals surface area contributed by atoms with Gasteiger partial charge < -0.3 is 9.64 Å². The third kappa shape index (κ3) is 4.23. The molecule has 1 aromatic carbocycles. The lowest BCUT2D eigenvalue weighted by Crippen LogP contribution is -2.65. The van der Waals surface area contributed by atoms with Gasteiger partial charge in [-0.25, -0.2) is 9.37 Å². The maximum absolute atomic E-state index is 14.3. The standard InChI is InChI=1S/C24H23F4N5O2/c1-14-3-2-4-18(33-30-9-10-31-33)22(14)23(34)32-17-7-5-15(19(32)12-25)11-20(17)35-21-8-6-16(13-29-21)24(26,27)28/h2-4,6,8-10,13,15,17,19-20H,5,7,11-12H2,1H3/t15-,17+,19-,20-/m1/s1. The van der Waals surface area contributed by atoms with Gasteiger partial charge in [0.15, 0.2) is 0 Å². The largest absolute Gasteiger partial charge is 0.472 e. The zero-order chi connectivity index (χ0) is 24.7. The molecule has 2 aliphatic heterocycles. The summed E-state index contributed by atoms with van der Waals surface area (Å²) in [5.74, 6) is -0.442. The highest BCUT2D eigenvalue weighted by atomic mass is 19.4. The van der Waals surface area contributed by atoms with Crippen molar-refractivity contribution in [3.05, 3.63) is 65.6 Å². The molecule has 2 aromatic heterocycles. The summed E-state index contributed by atoms with van der Waals surface area (Å²) in [7, 11) is 0. The average Bonchev–Trinajstić information content (AvgIpc) is 3.38. The lowest BCUT2D eigenvalue weighted by atomic mass is 9.72. The number of piperidine rings is 2. The Hall–Kier alpha value is -3.50. The Morgan fingerprint density at radius 1 is 1.14 bits per heavy atom. The molecule has 4 heterocycles. The number of pyridine rings is 1. The molecule has 11 heteroatoms. The number of benzene rings is 1. The molecule has 3 aliphatic rings. The number of carbonyl (C=O) groups excluding carboxylic acids is 1. The van der Waals surface area contributed by atoms with Crippen molar-refractivity contribution in [3.8, 4) is 11.6 Å². The van der Waals surface area contributed by atoms with Crippen LogP contribution in [0.2, 0.25) is 0 Å². The van der Waals surface area contributed by atoms with Gasteiger partial charge in [0.05, 0.1) is 41.3 Å². The second-order valence-electron chi connectivity index (χ2n) is 8.90. The number of nitrogens with zero attached hydrogens (tertiary/aromatic N) is 5. The molecule has 184 valence electrons. The van der Waals surface area contributed by atoms with Crippen LogP contribution in [0.3, 0.4) is 0 Å². The first-order chi connectivity index (χ1) is 16.8. The summed E-state index contributed by atoms with van der Waals surface area (Å²) in [6.07, 6.45) is 0.550. The van der Waals surface area contributed by atoms with Crippen LogP contribution >= 0.6 is 0 Å². The van der Waals surface area contributed by atoms with Gasteiger partial charge in [-0.05, 0) is 49.8 Å². The quantitative estimate of drug-likeness (QED) is 0.497. The molecule has 3 fully saturated rings. The number of hydrogen-bond acceptors (Lipinski definition) is 5. The maximum Gasteiger partial charge on any atom is 0.417 e. The van der Waals surface area contributed by atoms with E-state index >= 15 is 0 Å². The van der Waals surface area contributed by atoms with Crippen molar-refractivity contribution < 1.29 is 27.1 Å². The number of ether oxygens (including phenoxy) is 1. The predicted octanol–water partition coefficient (Wildman–Crippen LogP) is 4.40. The van der Waals surface area contributed by atoms with Gasteiger partial charge in [-0.2, -0.15) is 28.2 Å². The first kappa shape index (κ1) is 23.3. The third-order valence-corrected chi connectivity index (χ3v) is 6.88. The maximum atomic E-state index is 14.3. The molecule has 7 nitrogen and oxygen atoms in total. The molecule has 0 N–H and O–H groups in total. The number of aromatic nitrogens is 4. The van der Waals surface area contributed by atoms with Crippen LogP contribution < -0.4 is 4.74 Å². The fourth-order valence-electron chi connectivity index (χ4n) is 5.25. The van der Waals surface area contributed by atoms with Crippen molar-refractivity contribution in [2.45, 2.75) is 50.6 Å². The Bertz CT molecular complexity index is 1200. The molecule has 0 spiro atoms. The fraction of sp³-hybridized carbons (Fsp3) is 0.417. The van der Waals surface area contributed by atoms with Crippen LogP contribution in [0.5, 0.6) is 5.88 Å². The van der Waals surface area contributed by atoms with E-state index < -0.39 is 36.6 Å². The monoisotopic (exact) mass is 489 g/mol. The van der Waals surface area contributed by atoms with E-state index in [1.54, 1.807) is 30.0 Å². The fourth-order valence-corrected chi connectivity index (χ4v) is 5.25. The van der Waals surface area contributed by atoms with Crippen molar-refractivity contribution in [2.24, 2.45) is 5.92 Å². The van der Waals surface area contributed by atoms with Gasteiger partial charge in [-0.15, -0.1) is 0 Å². The predicted molar refractivity (Wildman–Crippen MR) is 117 cm³/mol. The molecule has 1 amide bonds. The molecule has 0 unspecified atom stereocenters. The van der Waals surface area contributed by atoms with E-state index in [-0.39, 0.29) is 17.7 Å².